The van der Waals surface area contributed by atoms with Crippen molar-refractivity contribution in [2.24, 2.45) is 0 Å². The average molecular weight is 1060 g/mol. The van der Waals surface area contributed by atoms with Crippen LogP contribution in [0.15, 0.2) is 146 Å². The van der Waals surface area contributed by atoms with Crippen LogP contribution in [-0.4, -0.2) is 25.2 Å². The van der Waals surface area contributed by atoms with Crippen LogP contribution < -0.4 is 18.9 Å². The van der Waals surface area contributed by atoms with Crippen molar-refractivity contribution in [1.82, 2.24) is 0 Å². The highest BCUT2D eigenvalue weighted by atomic mass is 19.2. The Morgan fingerprint density at radius 1 is 0.346 bits per heavy atom. The van der Waals surface area contributed by atoms with Crippen molar-refractivity contribution in [1.29, 1.82) is 0 Å². The summed E-state index contributed by atoms with van der Waals surface area (Å²) in [7, 11) is 0. The summed E-state index contributed by atoms with van der Waals surface area (Å²) in [5, 5.41) is 0. The van der Waals surface area contributed by atoms with E-state index in [1.807, 2.05) is 72.8 Å². The van der Waals surface area contributed by atoms with Crippen LogP contribution in [0.2, 0.25) is 0 Å². The SMILES string of the molecule is CCCCCCc1ccc(-c2ccc(-c3ccc(OC(=O)CCCCCCOc4ccccc4OCCCCCCC(=O)Oc4ccc(-c5ccc(-c6ccc(CCCCCC)cc6)c(F)c5F)cc4)cc3)c(F)c2F)cc1. The maximum absolute atomic E-state index is 15.4. The van der Waals surface area contributed by atoms with Crippen LogP contribution in [0.5, 0.6) is 23.0 Å². The maximum Gasteiger partial charge on any atom is 0.311 e. The Bertz CT molecular complexity index is 2750. The lowest BCUT2D eigenvalue weighted by Crippen LogP contribution is -2.07. The van der Waals surface area contributed by atoms with E-state index in [0.717, 1.165) is 64.2 Å². The molecule has 0 spiro atoms. The zero-order valence-corrected chi connectivity index (χ0v) is 45.4. The molecule has 0 fully saturated rings. The van der Waals surface area contributed by atoms with Crippen LogP contribution >= 0.6 is 0 Å². The Hall–Kier alpha value is -7.20. The van der Waals surface area contributed by atoms with Gasteiger partial charge in [0.15, 0.2) is 34.8 Å². The molecule has 0 amide bonds. The van der Waals surface area contributed by atoms with Gasteiger partial charge in [-0.05, 0) is 121 Å². The molecular formula is C68H74F4O6. The van der Waals surface area contributed by atoms with Crippen LogP contribution in [0.1, 0.15) is 141 Å². The number of hydrogen-bond donors (Lipinski definition) is 0. The average Bonchev–Trinajstić information content (AvgIpc) is 3.47. The first-order valence-electron chi connectivity index (χ1n) is 28.2. The van der Waals surface area contributed by atoms with Crippen LogP contribution in [0.3, 0.4) is 0 Å². The van der Waals surface area contributed by atoms with Gasteiger partial charge in [0, 0.05) is 35.1 Å². The number of hydrogen-bond acceptors (Lipinski definition) is 6. The first kappa shape index (κ1) is 58.5. The van der Waals surface area contributed by atoms with Gasteiger partial charge in [0.2, 0.25) is 0 Å². The van der Waals surface area contributed by atoms with Gasteiger partial charge in [0.05, 0.1) is 13.2 Å². The topological polar surface area (TPSA) is 71.1 Å². The predicted octanol–water partition coefficient (Wildman–Crippen LogP) is 19.0. The third-order valence-corrected chi connectivity index (χ3v) is 14.0. The van der Waals surface area contributed by atoms with E-state index < -0.39 is 23.3 Å². The zero-order chi connectivity index (χ0) is 54.9. The van der Waals surface area contributed by atoms with Gasteiger partial charge in [-0.1, -0.05) is 187 Å². The van der Waals surface area contributed by atoms with Crippen LogP contribution in [0.25, 0.3) is 44.5 Å². The third-order valence-electron chi connectivity index (χ3n) is 14.0. The van der Waals surface area contributed by atoms with E-state index in [2.05, 4.69) is 13.8 Å². The fourth-order valence-electron chi connectivity index (χ4n) is 9.48. The van der Waals surface area contributed by atoms with E-state index in [9.17, 15) is 9.59 Å². The third kappa shape index (κ3) is 17.7. The first-order chi connectivity index (χ1) is 38.1. The summed E-state index contributed by atoms with van der Waals surface area (Å²) >= 11 is 0. The van der Waals surface area contributed by atoms with E-state index in [-0.39, 0.29) is 47.0 Å². The molecule has 0 radical (unpaired) electrons. The minimum absolute atomic E-state index is 0.136. The molecule has 0 saturated carbocycles. The van der Waals surface area contributed by atoms with Crippen molar-refractivity contribution in [3.05, 3.63) is 180 Å². The molecule has 0 bridgehead atoms. The second-order valence-corrected chi connectivity index (χ2v) is 20.1. The number of benzene rings is 7. The standard InChI is InChI=1S/C68H74F4O6/c1-3-5-7-13-21-49-27-31-51(32-28-49)57-43-45-59(67(71)65(57)69)53-35-39-55(40-36-53)77-63(73)25-15-9-11-19-47-75-61-23-17-18-24-62(61)76-48-20-12-10-16-26-64(74)78-56-41-37-54(38-42-56)60-46-44-58(66(70)68(60)72)52-33-29-50(30-34-52)22-14-8-6-4-2/h17-18,23-24,27-46H,3-16,19-22,25-26,47-48H2,1-2H3. The van der Waals surface area contributed by atoms with Crippen molar-refractivity contribution in [2.75, 3.05) is 13.2 Å². The van der Waals surface area contributed by atoms with E-state index in [1.54, 1.807) is 72.8 Å². The number of carbonyl (C=O) groups is 2. The molecule has 0 atom stereocenters. The van der Waals surface area contributed by atoms with Crippen LogP contribution in [-0.2, 0) is 22.4 Å². The summed E-state index contributed by atoms with van der Waals surface area (Å²) in [4.78, 5) is 25.2. The van der Waals surface area contributed by atoms with Gasteiger partial charge in [-0.15, -0.1) is 0 Å². The molecule has 6 nitrogen and oxygen atoms in total. The largest absolute Gasteiger partial charge is 0.490 e. The lowest BCUT2D eigenvalue weighted by Gasteiger charge is -2.12. The molecule has 7 aromatic carbocycles. The lowest BCUT2D eigenvalue weighted by molar-refractivity contribution is -0.135. The zero-order valence-electron chi connectivity index (χ0n) is 45.4. The number of unbranched alkanes of at least 4 members (excludes halogenated alkanes) is 12. The van der Waals surface area contributed by atoms with E-state index >= 15 is 17.6 Å². The maximum atomic E-state index is 15.4. The normalized spacial score (nSPS) is 11.2. The molecular weight excluding hydrogens is 989 g/mol. The second kappa shape index (κ2) is 31.3. The van der Waals surface area contributed by atoms with Crippen molar-refractivity contribution in [2.45, 2.75) is 142 Å². The van der Waals surface area contributed by atoms with E-state index in [4.69, 9.17) is 18.9 Å². The lowest BCUT2D eigenvalue weighted by atomic mass is 9.97. The van der Waals surface area contributed by atoms with Crippen LogP contribution in [0.4, 0.5) is 17.6 Å². The number of ether oxygens (including phenoxy) is 4. The molecule has 10 heteroatoms. The Morgan fingerprint density at radius 2 is 0.654 bits per heavy atom. The van der Waals surface area contributed by atoms with Crippen molar-refractivity contribution in [3.8, 4) is 67.5 Å². The summed E-state index contributed by atoms with van der Waals surface area (Å²) < 4.78 is 84.5. The minimum Gasteiger partial charge on any atom is -0.490 e. The summed E-state index contributed by atoms with van der Waals surface area (Å²) in [6.45, 7) is 5.36. The molecule has 7 rings (SSSR count). The number of esters is 2. The number of rotatable bonds is 32. The van der Waals surface area contributed by atoms with Gasteiger partial charge < -0.3 is 18.9 Å². The Kier molecular flexibility index (Phi) is 23.4. The molecule has 0 aliphatic heterocycles. The second-order valence-electron chi connectivity index (χ2n) is 20.1. The molecule has 78 heavy (non-hydrogen) atoms. The van der Waals surface area contributed by atoms with Gasteiger partial charge in [-0.3, -0.25) is 9.59 Å². The van der Waals surface area contributed by atoms with Crippen molar-refractivity contribution in [3.63, 3.8) is 0 Å². The monoisotopic (exact) mass is 1060 g/mol. The fourth-order valence-corrected chi connectivity index (χ4v) is 9.48. The van der Waals surface area contributed by atoms with Gasteiger partial charge in [0.1, 0.15) is 11.5 Å². The molecule has 0 heterocycles. The highest BCUT2D eigenvalue weighted by Gasteiger charge is 2.19. The number of carbonyl (C=O) groups excluding carboxylic acids is 2. The molecule has 0 aliphatic rings. The highest BCUT2D eigenvalue weighted by Crippen LogP contribution is 2.35. The number of aryl methyl sites for hydroxylation is 2. The number of para-hydroxylation sites is 2. The Labute approximate surface area is 459 Å². The van der Waals surface area contributed by atoms with E-state index in [1.165, 1.54) is 49.7 Å². The smallest absolute Gasteiger partial charge is 0.311 e. The minimum atomic E-state index is -0.921. The molecule has 0 aromatic heterocycles. The fraction of sp³-hybridized carbons (Fsp3) is 0.353. The van der Waals surface area contributed by atoms with Crippen molar-refractivity contribution >= 4 is 11.9 Å². The Morgan fingerprint density at radius 3 is 0.987 bits per heavy atom. The van der Waals surface area contributed by atoms with Crippen molar-refractivity contribution < 1.29 is 46.1 Å². The quantitative estimate of drug-likeness (QED) is 0.0181. The summed E-state index contributed by atoms with van der Waals surface area (Å²) in [5.41, 5.74) is 5.30. The summed E-state index contributed by atoms with van der Waals surface area (Å²) in [6, 6.07) is 42.1. The van der Waals surface area contributed by atoms with Gasteiger partial charge >= 0.3 is 11.9 Å². The molecule has 0 N–H and O–H groups in total. The highest BCUT2D eigenvalue weighted by molar-refractivity contribution is 5.76. The summed E-state index contributed by atoms with van der Waals surface area (Å²) in [5.74, 6) is -2.33. The van der Waals surface area contributed by atoms with Gasteiger partial charge in [-0.25, -0.2) is 17.6 Å². The van der Waals surface area contributed by atoms with Crippen LogP contribution in [0, 0.1) is 23.3 Å². The summed E-state index contributed by atoms with van der Waals surface area (Å²) in [6.07, 6.45) is 18.1. The van der Waals surface area contributed by atoms with Gasteiger partial charge in [-0.2, -0.15) is 0 Å². The molecule has 0 unspecified atom stereocenters. The molecule has 0 aliphatic carbocycles. The van der Waals surface area contributed by atoms with E-state index in [0.29, 0.717) is 71.3 Å². The molecule has 7 aromatic rings. The Balaban J connectivity index is 0.728. The molecule has 410 valence electrons. The molecule has 0 saturated heterocycles. The number of halogens is 4. The first-order valence-corrected chi connectivity index (χ1v) is 28.2. The predicted molar refractivity (Wildman–Crippen MR) is 305 cm³/mol. The van der Waals surface area contributed by atoms with Gasteiger partial charge in [0.25, 0.3) is 0 Å².